The molecule has 2 aliphatic carbocycles. The van der Waals surface area contributed by atoms with E-state index in [9.17, 15) is 0 Å². The largest absolute Gasteiger partial charge is 0.309 e. The van der Waals surface area contributed by atoms with Gasteiger partial charge in [0.05, 0.1) is 11.0 Å². The van der Waals surface area contributed by atoms with Crippen molar-refractivity contribution in [1.82, 2.24) is 4.57 Å². The molecule has 10 rings (SSSR count). The molecule has 0 radical (unpaired) electrons. The second-order valence-electron chi connectivity index (χ2n) is 13.7. The highest BCUT2D eigenvalue weighted by Crippen LogP contribution is 2.59. The molecule has 0 N–H and O–H groups in total. The predicted molar refractivity (Wildman–Crippen MR) is 189 cm³/mol. The third-order valence-electron chi connectivity index (χ3n) is 10.8. The van der Waals surface area contributed by atoms with E-state index in [-0.39, 0.29) is 10.8 Å². The van der Waals surface area contributed by atoms with Gasteiger partial charge in [-0.3, -0.25) is 0 Å². The summed E-state index contributed by atoms with van der Waals surface area (Å²) in [5.74, 6) is 0. The van der Waals surface area contributed by atoms with Gasteiger partial charge < -0.3 is 4.57 Å². The topological polar surface area (TPSA) is 4.93 Å². The minimum absolute atomic E-state index is 0.0605. The molecule has 2 aromatic heterocycles. The molecule has 2 heterocycles. The van der Waals surface area contributed by atoms with Crippen LogP contribution < -0.4 is 0 Å². The van der Waals surface area contributed by atoms with Gasteiger partial charge in [-0.2, -0.15) is 0 Å². The molecule has 0 spiro atoms. The Hall–Kier alpha value is -4.66. The summed E-state index contributed by atoms with van der Waals surface area (Å²) in [5, 5.41) is 5.47. The summed E-state index contributed by atoms with van der Waals surface area (Å²) in [4.78, 5) is 0. The first-order valence-corrected chi connectivity index (χ1v) is 16.4. The van der Waals surface area contributed by atoms with Crippen molar-refractivity contribution in [1.29, 1.82) is 0 Å². The highest BCUT2D eigenvalue weighted by molar-refractivity contribution is 7.26. The molecule has 2 aliphatic rings. The van der Waals surface area contributed by atoms with E-state index in [0.29, 0.717) is 0 Å². The van der Waals surface area contributed by atoms with Crippen molar-refractivity contribution in [2.45, 2.75) is 38.5 Å². The van der Waals surface area contributed by atoms with E-state index in [0.717, 1.165) is 0 Å². The van der Waals surface area contributed by atoms with E-state index >= 15 is 0 Å². The Morgan fingerprint density at radius 2 is 1.18 bits per heavy atom. The molecule has 44 heavy (non-hydrogen) atoms. The zero-order chi connectivity index (χ0) is 29.5. The van der Waals surface area contributed by atoms with Crippen molar-refractivity contribution in [2.24, 2.45) is 0 Å². The smallest absolute Gasteiger partial charge is 0.0595 e. The number of nitrogens with zero attached hydrogens (tertiary/aromatic N) is 1. The van der Waals surface area contributed by atoms with Gasteiger partial charge in [0.1, 0.15) is 0 Å². The maximum Gasteiger partial charge on any atom is 0.0595 e. The average Bonchev–Trinajstić information content (AvgIpc) is 3.72. The molecule has 0 atom stereocenters. The highest BCUT2D eigenvalue weighted by Gasteiger charge is 2.41. The third kappa shape index (κ3) is 2.82. The Kier molecular flexibility index (Phi) is 4.54. The van der Waals surface area contributed by atoms with Crippen molar-refractivity contribution in [3.63, 3.8) is 0 Å². The number of benzene rings is 6. The van der Waals surface area contributed by atoms with Gasteiger partial charge in [-0.1, -0.05) is 119 Å². The fourth-order valence-electron chi connectivity index (χ4n) is 8.78. The Bertz CT molecular complexity index is 2550. The third-order valence-corrected chi connectivity index (χ3v) is 11.9. The summed E-state index contributed by atoms with van der Waals surface area (Å²) < 4.78 is 5.37. The SMILES string of the molecule is CC1(C)c2ccccc2-c2ccc(-n3c4ccccc4c4c5c(sc6ccccc65)c5c(c43)C(C)(C)c3ccccc3-5)cc21. The lowest BCUT2D eigenvalue weighted by atomic mass is 9.81. The Labute approximate surface area is 261 Å². The van der Waals surface area contributed by atoms with Crippen LogP contribution in [-0.4, -0.2) is 4.57 Å². The zero-order valence-corrected chi connectivity index (χ0v) is 26.1. The first-order valence-electron chi connectivity index (χ1n) is 15.6. The van der Waals surface area contributed by atoms with Gasteiger partial charge in [-0.25, -0.2) is 0 Å². The molecule has 0 fully saturated rings. The molecule has 0 saturated carbocycles. The van der Waals surface area contributed by atoms with Crippen LogP contribution in [0.25, 0.3) is 69.9 Å². The number of thiophene rings is 1. The van der Waals surface area contributed by atoms with Crippen molar-refractivity contribution in [3.8, 4) is 27.9 Å². The normalized spacial score (nSPS) is 15.6. The van der Waals surface area contributed by atoms with Gasteiger partial charge in [0, 0.05) is 53.0 Å². The molecule has 2 heteroatoms. The van der Waals surface area contributed by atoms with Crippen LogP contribution in [0, 0.1) is 0 Å². The summed E-state index contributed by atoms with van der Waals surface area (Å²) in [5.41, 5.74) is 14.9. The van der Waals surface area contributed by atoms with Crippen LogP contribution in [0.1, 0.15) is 49.9 Å². The number of para-hydroxylation sites is 1. The maximum absolute atomic E-state index is 2.60. The summed E-state index contributed by atoms with van der Waals surface area (Å²) in [6, 6.07) is 43.4. The standard InChI is InChI=1S/C42H31NS/c1-41(2)30-17-9-5-13-25(30)26-22-21-24(23-32(26)41)43-33-19-11-7-15-28(33)35-36-29-16-8-12-20-34(29)44-40(36)37-27-14-6-10-18-31(27)42(3,4)38(37)39(35)43/h5-23H,1-4H3. The van der Waals surface area contributed by atoms with Crippen LogP contribution in [0.2, 0.25) is 0 Å². The van der Waals surface area contributed by atoms with Gasteiger partial charge >= 0.3 is 0 Å². The number of fused-ring (bicyclic) bond motifs is 15. The zero-order valence-electron chi connectivity index (χ0n) is 25.3. The molecule has 0 aliphatic heterocycles. The van der Waals surface area contributed by atoms with E-state index in [1.165, 1.54) is 92.2 Å². The van der Waals surface area contributed by atoms with Crippen LogP contribution in [0.3, 0.4) is 0 Å². The molecule has 0 bridgehead atoms. The molecule has 210 valence electrons. The number of hydrogen-bond donors (Lipinski definition) is 0. The van der Waals surface area contributed by atoms with Crippen molar-refractivity contribution in [2.75, 3.05) is 0 Å². The van der Waals surface area contributed by atoms with E-state index in [1.54, 1.807) is 0 Å². The number of hydrogen-bond acceptors (Lipinski definition) is 1. The Morgan fingerprint density at radius 3 is 2.00 bits per heavy atom. The second kappa shape index (κ2) is 8.08. The van der Waals surface area contributed by atoms with Crippen molar-refractivity contribution >= 4 is 53.3 Å². The lowest BCUT2D eigenvalue weighted by Crippen LogP contribution is -2.17. The summed E-state index contributed by atoms with van der Waals surface area (Å²) >= 11 is 1.96. The minimum Gasteiger partial charge on any atom is -0.309 e. The lowest BCUT2D eigenvalue weighted by Gasteiger charge is -2.25. The van der Waals surface area contributed by atoms with Gasteiger partial charge in [0.2, 0.25) is 0 Å². The lowest BCUT2D eigenvalue weighted by molar-refractivity contribution is 0.659. The molecule has 6 aromatic carbocycles. The van der Waals surface area contributed by atoms with E-state index in [4.69, 9.17) is 0 Å². The predicted octanol–water partition coefficient (Wildman–Crippen LogP) is 11.8. The van der Waals surface area contributed by atoms with Gasteiger partial charge in [0.15, 0.2) is 0 Å². The first kappa shape index (κ1) is 24.7. The maximum atomic E-state index is 2.60. The Balaban J connectivity index is 1.43. The van der Waals surface area contributed by atoms with Crippen molar-refractivity contribution in [3.05, 3.63) is 138 Å². The van der Waals surface area contributed by atoms with E-state index < -0.39 is 0 Å². The first-order chi connectivity index (χ1) is 21.4. The van der Waals surface area contributed by atoms with E-state index in [2.05, 4.69) is 148 Å². The van der Waals surface area contributed by atoms with Crippen LogP contribution in [0.4, 0.5) is 0 Å². The summed E-state index contributed by atoms with van der Waals surface area (Å²) in [6.07, 6.45) is 0. The van der Waals surface area contributed by atoms with Crippen LogP contribution in [0.15, 0.2) is 115 Å². The van der Waals surface area contributed by atoms with Crippen LogP contribution in [0.5, 0.6) is 0 Å². The minimum atomic E-state index is -0.146. The fourth-order valence-corrected chi connectivity index (χ4v) is 10.1. The molecule has 1 nitrogen and oxygen atoms in total. The fraction of sp³-hybridized carbons (Fsp3) is 0.143. The number of aromatic nitrogens is 1. The van der Waals surface area contributed by atoms with Crippen molar-refractivity contribution < 1.29 is 0 Å². The van der Waals surface area contributed by atoms with E-state index in [1.807, 2.05) is 11.3 Å². The molecule has 0 unspecified atom stereocenters. The molecular weight excluding hydrogens is 551 g/mol. The number of rotatable bonds is 1. The quantitative estimate of drug-likeness (QED) is 0.182. The molecule has 8 aromatic rings. The molecule has 0 amide bonds. The van der Waals surface area contributed by atoms with Gasteiger partial charge in [-0.15, -0.1) is 11.3 Å². The van der Waals surface area contributed by atoms with Crippen LogP contribution in [-0.2, 0) is 10.8 Å². The van der Waals surface area contributed by atoms with Gasteiger partial charge in [0.25, 0.3) is 0 Å². The van der Waals surface area contributed by atoms with Crippen LogP contribution >= 0.6 is 11.3 Å². The highest BCUT2D eigenvalue weighted by atomic mass is 32.1. The second-order valence-corrected chi connectivity index (χ2v) is 14.8. The monoisotopic (exact) mass is 581 g/mol. The summed E-state index contributed by atoms with van der Waals surface area (Å²) in [7, 11) is 0. The molecule has 0 saturated heterocycles. The average molecular weight is 582 g/mol. The molecular formula is C42H31NS. The Morgan fingerprint density at radius 1 is 0.545 bits per heavy atom. The summed E-state index contributed by atoms with van der Waals surface area (Å²) in [6.45, 7) is 9.62. The van der Waals surface area contributed by atoms with Gasteiger partial charge in [-0.05, 0) is 63.2 Å².